The zero-order valence-corrected chi connectivity index (χ0v) is 12.1. The van der Waals surface area contributed by atoms with Crippen LogP contribution in [-0.4, -0.2) is 23.4 Å². The third-order valence-electron chi connectivity index (χ3n) is 2.77. The average molecular weight is 324 g/mol. The summed E-state index contributed by atoms with van der Waals surface area (Å²) < 4.78 is 7.69. The Morgan fingerprint density at radius 3 is 2.95 bits per heavy atom. The van der Waals surface area contributed by atoms with Crippen molar-refractivity contribution >= 4 is 39.1 Å². The fraction of sp³-hybridized carbons (Fsp3) is 0.286. The lowest BCUT2D eigenvalue weighted by Gasteiger charge is -2.05. The summed E-state index contributed by atoms with van der Waals surface area (Å²) in [5.41, 5.74) is 1.42. The molecule has 2 rings (SSSR count). The molecule has 0 unspecified atom stereocenters. The molecular formula is C14H14BrNO3. The first-order valence-electron chi connectivity index (χ1n) is 6.05. The van der Waals surface area contributed by atoms with Crippen LogP contribution in [0.15, 0.2) is 28.9 Å². The van der Waals surface area contributed by atoms with Gasteiger partial charge in [-0.3, -0.25) is 9.59 Å². The molecule has 0 bridgehead atoms. The summed E-state index contributed by atoms with van der Waals surface area (Å²) in [4.78, 5) is 22.7. The molecule has 1 aromatic heterocycles. The van der Waals surface area contributed by atoms with Gasteiger partial charge in [-0.05, 0) is 24.6 Å². The van der Waals surface area contributed by atoms with Crippen LogP contribution in [0, 0.1) is 0 Å². The molecule has 0 amide bonds. The van der Waals surface area contributed by atoms with Crippen LogP contribution in [0.3, 0.4) is 0 Å². The second kappa shape index (κ2) is 6.02. The van der Waals surface area contributed by atoms with E-state index in [1.807, 2.05) is 25.1 Å². The molecule has 2 aromatic rings. The Kier molecular flexibility index (Phi) is 4.37. The minimum atomic E-state index is -0.292. The summed E-state index contributed by atoms with van der Waals surface area (Å²) in [6, 6.07) is 5.62. The molecule has 0 atom stereocenters. The van der Waals surface area contributed by atoms with Crippen molar-refractivity contribution in [2.75, 3.05) is 6.61 Å². The van der Waals surface area contributed by atoms with Gasteiger partial charge >= 0.3 is 5.97 Å². The first-order valence-corrected chi connectivity index (χ1v) is 6.84. The fourth-order valence-corrected chi connectivity index (χ4v) is 2.28. The van der Waals surface area contributed by atoms with Crippen LogP contribution in [0.1, 0.15) is 23.7 Å². The second-order valence-electron chi connectivity index (χ2n) is 4.21. The number of carbonyl (C=O) groups excluding carboxylic acids is 2. The highest BCUT2D eigenvalue weighted by molar-refractivity contribution is 9.10. The summed E-state index contributed by atoms with van der Waals surface area (Å²) in [6.45, 7) is 2.48. The van der Waals surface area contributed by atoms with Gasteiger partial charge < -0.3 is 9.30 Å². The number of fused-ring (bicyclic) bond motifs is 1. The van der Waals surface area contributed by atoms with Gasteiger partial charge in [-0.15, -0.1) is 0 Å². The molecule has 0 N–H and O–H groups in total. The average Bonchev–Trinajstić information content (AvgIpc) is 2.73. The number of halogens is 1. The molecule has 0 aliphatic heterocycles. The standard InChI is InChI=1S/C14H14BrNO3/c1-2-5-19-14(18)8-16-7-10(9-17)12-6-11(15)3-4-13(12)16/h3-4,6-7,9H,2,5,8H2,1H3. The smallest absolute Gasteiger partial charge is 0.325 e. The Balaban J connectivity index is 2.33. The lowest BCUT2D eigenvalue weighted by Crippen LogP contribution is -2.13. The number of hydrogen-bond donors (Lipinski definition) is 0. The summed E-state index contributed by atoms with van der Waals surface area (Å²) >= 11 is 3.37. The van der Waals surface area contributed by atoms with Crippen molar-refractivity contribution in [2.24, 2.45) is 0 Å². The normalized spacial score (nSPS) is 10.6. The van der Waals surface area contributed by atoms with Gasteiger partial charge in [0, 0.05) is 27.1 Å². The van der Waals surface area contributed by atoms with Gasteiger partial charge in [-0.25, -0.2) is 0 Å². The van der Waals surface area contributed by atoms with E-state index in [9.17, 15) is 9.59 Å². The number of aldehydes is 1. The lowest BCUT2D eigenvalue weighted by molar-refractivity contribution is -0.144. The summed E-state index contributed by atoms with van der Waals surface area (Å²) in [5.74, 6) is -0.292. The highest BCUT2D eigenvalue weighted by Gasteiger charge is 2.11. The summed E-state index contributed by atoms with van der Waals surface area (Å²) in [5, 5.41) is 0.827. The number of nitrogens with zero attached hydrogens (tertiary/aromatic N) is 1. The van der Waals surface area contributed by atoms with Crippen LogP contribution in [0.25, 0.3) is 10.9 Å². The van der Waals surface area contributed by atoms with Crippen LogP contribution >= 0.6 is 15.9 Å². The topological polar surface area (TPSA) is 48.3 Å². The van der Waals surface area contributed by atoms with Crippen LogP contribution in [0.5, 0.6) is 0 Å². The zero-order valence-electron chi connectivity index (χ0n) is 10.6. The second-order valence-corrected chi connectivity index (χ2v) is 5.13. The molecule has 0 radical (unpaired) electrons. The molecule has 5 heteroatoms. The van der Waals surface area contributed by atoms with Crippen LogP contribution in [0.2, 0.25) is 0 Å². The summed E-state index contributed by atoms with van der Waals surface area (Å²) in [7, 11) is 0. The zero-order chi connectivity index (χ0) is 13.8. The maximum absolute atomic E-state index is 11.6. The minimum absolute atomic E-state index is 0.117. The Bertz CT molecular complexity index is 618. The molecule has 0 saturated carbocycles. The monoisotopic (exact) mass is 323 g/mol. The van der Waals surface area contributed by atoms with Gasteiger partial charge in [0.1, 0.15) is 6.54 Å². The van der Waals surface area contributed by atoms with Gasteiger partial charge in [0.05, 0.1) is 6.61 Å². The Morgan fingerprint density at radius 1 is 1.47 bits per heavy atom. The molecular weight excluding hydrogens is 310 g/mol. The number of ether oxygens (including phenoxy) is 1. The third kappa shape index (κ3) is 3.04. The number of rotatable bonds is 5. The van der Waals surface area contributed by atoms with Crippen molar-refractivity contribution in [1.82, 2.24) is 4.57 Å². The first kappa shape index (κ1) is 13.8. The van der Waals surface area contributed by atoms with Crippen LogP contribution in [0.4, 0.5) is 0 Å². The van der Waals surface area contributed by atoms with E-state index in [0.717, 1.165) is 28.1 Å². The van der Waals surface area contributed by atoms with Crippen LogP contribution in [-0.2, 0) is 16.1 Å². The van der Waals surface area contributed by atoms with E-state index in [0.29, 0.717) is 12.2 Å². The minimum Gasteiger partial charge on any atom is -0.464 e. The van der Waals surface area contributed by atoms with Crippen molar-refractivity contribution in [3.63, 3.8) is 0 Å². The summed E-state index contributed by atoms with van der Waals surface area (Å²) in [6.07, 6.45) is 3.27. The van der Waals surface area contributed by atoms with E-state index in [2.05, 4.69) is 15.9 Å². The van der Waals surface area contributed by atoms with E-state index in [1.165, 1.54) is 0 Å². The molecule has 1 heterocycles. The fourth-order valence-electron chi connectivity index (χ4n) is 1.92. The Morgan fingerprint density at radius 2 is 2.26 bits per heavy atom. The van der Waals surface area contributed by atoms with Crippen LogP contribution < -0.4 is 0 Å². The maximum Gasteiger partial charge on any atom is 0.325 e. The Hall–Kier alpha value is -1.62. The molecule has 0 fully saturated rings. The first-order chi connectivity index (χ1) is 9.15. The molecule has 1 aromatic carbocycles. The van der Waals surface area contributed by atoms with E-state index in [4.69, 9.17) is 4.74 Å². The quantitative estimate of drug-likeness (QED) is 0.627. The van der Waals surface area contributed by atoms with E-state index >= 15 is 0 Å². The molecule has 19 heavy (non-hydrogen) atoms. The predicted molar refractivity (Wildman–Crippen MR) is 76.3 cm³/mol. The van der Waals surface area contributed by atoms with Gasteiger partial charge in [-0.1, -0.05) is 22.9 Å². The van der Waals surface area contributed by atoms with Gasteiger partial charge in [0.15, 0.2) is 6.29 Å². The van der Waals surface area contributed by atoms with Crippen molar-refractivity contribution < 1.29 is 14.3 Å². The predicted octanol–water partition coefficient (Wildman–Crippen LogP) is 3.17. The number of benzene rings is 1. The van der Waals surface area contributed by atoms with Gasteiger partial charge in [0.25, 0.3) is 0 Å². The molecule has 100 valence electrons. The molecule has 0 aliphatic rings. The number of carbonyl (C=O) groups is 2. The lowest BCUT2D eigenvalue weighted by atomic mass is 10.2. The Labute approximate surface area is 119 Å². The van der Waals surface area contributed by atoms with Crippen molar-refractivity contribution in [3.05, 3.63) is 34.4 Å². The number of aromatic nitrogens is 1. The van der Waals surface area contributed by atoms with Crippen molar-refractivity contribution in [3.8, 4) is 0 Å². The highest BCUT2D eigenvalue weighted by Crippen LogP contribution is 2.24. The highest BCUT2D eigenvalue weighted by atomic mass is 79.9. The SMILES string of the molecule is CCCOC(=O)Cn1cc(C=O)c2cc(Br)ccc21. The third-order valence-corrected chi connectivity index (χ3v) is 3.26. The molecule has 0 saturated heterocycles. The van der Waals surface area contributed by atoms with Crippen molar-refractivity contribution in [2.45, 2.75) is 19.9 Å². The van der Waals surface area contributed by atoms with E-state index in [1.54, 1.807) is 10.8 Å². The molecule has 4 nitrogen and oxygen atoms in total. The maximum atomic E-state index is 11.6. The molecule has 0 spiro atoms. The largest absolute Gasteiger partial charge is 0.464 e. The van der Waals surface area contributed by atoms with Crippen molar-refractivity contribution in [1.29, 1.82) is 0 Å². The van der Waals surface area contributed by atoms with Gasteiger partial charge in [0.2, 0.25) is 0 Å². The number of esters is 1. The van der Waals surface area contributed by atoms with E-state index < -0.39 is 0 Å². The van der Waals surface area contributed by atoms with E-state index in [-0.39, 0.29) is 12.5 Å². The molecule has 0 aliphatic carbocycles. The number of hydrogen-bond acceptors (Lipinski definition) is 3. The van der Waals surface area contributed by atoms with Gasteiger partial charge in [-0.2, -0.15) is 0 Å².